The lowest BCUT2D eigenvalue weighted by atomic mass is 9.78. The summed E-state index contributed by atoms with van der Waals surface area (Å²) in [7, 11) is 3.20. The minimum atomic E-state index is -0.518. The van der Waals surface area contributed by atoms with Gasteiger partial charge < -0.3 is 18.9 Å². The van der Waals surface area contributed by atoms with Gasteiger partial charge in [-0.25, -0.2) is 9.59 Å². The van der Waals surface area contributed by atoms with Crippen molar-refractivity contribution in [3.63, 3.8) is 0 Å². The summed E-state index contributed by atoms with van der Waals surface area (Å²) in [5, 5.41) is 0. The third-order valence-electron chi connectivity index (χ3n) is 6.90. The molecule has 4 aromatic carbocycles. The van der Waals surface area contributed by atoms with Gasteiger partial charge in [-0.2, -0.15) is 0 Å². The maximum absolute atomic E-state index is 12.6. The summed E-state index contributed by atoms with van der Waals surface area (Å²) in [5.74, 6) is 1.17. The van der Waals surface area contributed by atoms with Gasteiger partial charge in [0.1, 0.15) is 11.5 Å². The molecule has 0 fully saturated rings. The molecule has 4 aromatic rings. The number of halogens is 4. The van der Waals surface area contributed by atoms with Crippen LogP contribution in [0, 0.1) is 0 Å². The standard InChI is InChI=1S/C35H28Br4O6/c1-35(2,23-17-27(36)33(28(37)18-23)44-31(40)15-9-21-5-11-25(42-3)12-6-21)24-19-29(38)34(30(39)20-24)45-32(41)16-10-22-7-13-26(43-4)14-8-22/h5-20H,1-4H3/b15-9+,16-10+. The first-order valence-corrected chi connectivity index (χ1v) is 16.7. The van der Waals surface area contributed by atoms with Crippen molar-refractivity contribution < 1.29 is 28.5 Å². The Hall–Kier alpha value is -3.18. The Morgan fingerprint density at radius 1 is 0.578 bits per heavy atom. The fourth-order valence-electron chi connectivity index (χ4n) is 4.23. The van der Waals surface area contributed by atoms with Gasteiger partial charge in [-0.05, 0) is 147 Å². The number of ether oxygens (including phenoxy) is 4. The Labute approximate surface area is 295 Å². The first kappa shape index (κ1) is 34.7. The second-order valence-corrected chi connectivity index (χ2v) is 13.6. The molecule has 45 heavy (non-hydrogen) atoms. The van der Waals surface area contributed by atoms with Gasteiger partial charge >= 0.3 is 11.9 Å². The summed E-state index contributed by atoms with van der Waals surface area (Å²) in [6.07, 6.45) is 6.09. The predicted molar refractivity (Wildman–Crippen MR) is 191 cm³/mol. The molecular weight excluding hydrogens is 836 g/mol. The number of benzene rings is 4. The Morgan fingerprint density at radius 2 is 0.889 bits per heavy atom. The average Bonchev–Trinajstić information content (AvgIpc) is 3.02. The van der Waals surface area contributed by atoms with Gasteiger partial charge in [0, 0.05) is 17.6 Å². The third kappa shape index (κ3) is 8.97. The fraction of sp³-hybridized carbons (Fsp3) is 0.143. The SMILES string of the molecule is COc1ccc(/C=C/C(=O)Oc2c(Br)cc(C(C)(C)c3cc(Br)c(OC(=O)/C=C/c4ccc(OC)cc4)c(Br)c3)cc2Br)cc1. The maximum atomic E-state index is 12.6. The van der Waals surface area contributed by atoms with Crippen LogP contribution in [0.3, 0.4) is 0 Å². The van der Waals surface area contributed by atoms with Gasteiger partial charge in [-0.15, -0.1) is 0 Å². The molecule has 0 saturated carbocycles. The number of esters is 2. The van der Waals surface area contributed by atoms with Crippen LogP contribution in [0.2, 0.25) is 0 Å². The molecule has 0 saturated heterocycles. The van der Waals surface area contributed by atoms with E-state index in [1.54, 1.807) is 26.4 Å². The highest BCUT2D eigenvalue weighted by atomic mass is 79.9. The largest absolute Gasteiger partial charge is 0.497 e. The highest BCUT2D eigenvalue weighted by Crippen LogP contribution is 2.44. The molecule has 0 atom stereocenters. The normalized spacial score (nSPS) is 11.6. The van der Waals surface area contributed by atoms with Crippen LogP contribution in [0.25, 0.3) is 12.2 Å². The van der Waals surface area contributed by atoms with E-state index in [0.29, 0.717) is 29.4 Å². The molecule has 0 amide bonds. The molecule has 0 radical (unpaired) electrons. The van der Waals surface area contributed by atoms with Crippen LogP contribution in [0.5, 0.6) is 23.0 Å². The lowest BCUT2D eigenvalue weighted by Crippen LogP contribution is -2.20. The average molecular weight is 864 g/mol. The Bertz CT molecular complexity index is 1590. The topological polar surface area (TPSA) is 71.1 Å². The summed E-state index contributed by atoms with van der Waals surface area (Å²) in [5.41, 5.74) is 3.07. The van der Waals surface area contributed by atoms with Gasteiger partial charge in [0.15, 0.2) is 11.5 Å². The zero-order valence-corrected chi connectivity index (χ0v) is 31.0. The molecule has 0 aromatic heterocycles. The molecule has 0 aliphatic carbocycles. The van der Waals surface area contributed by atoms with Gasteiger partial charge in [0.25, 0.3) is 0 Å². The van der Waals surface area contributed by atoms with Crippen molar-refractivity contribution in [3.05, 3.63) is 125 Å². The van der Waals surface area contributed by atoms with E-state index >= 15 is 0 Å². The number of methoxy groups -OCH3 is 2. The number of carbonyl (C=O) groups is 2. The van der Waals surface area contributed by atoms with Crippen LogP contribution in [0.1, 0.15) is 36.1 Å². The van der Waals surface area contributed by atoms with E-state index in [1.165, 1.54) is 12.2 Å². The van der Waals surface area contributed by atoms with Crippen LogP contribution in [-0.2, 0) is 15.0 Å². The van der Waals surface area contributed by atoms with E-state index in [4.69, 9.17) is 18.9 Å². The van der Waals surface area contributed by atoms with Crippen molar-refractivity contribution in [2.45, 2.75) is 19.3 Å². The second-order valence-electron chi connectivity index (χ2n) is 10.2. The molecule has 0 unspecified atom stereocenters. The molecule has 0 heterocycles. The highest BCUT2D eigenvalue weighted by Gasteiger charge is 2.28. The van der Waals surface area contributed by atoms with Gasteiger partial charge in [-0.3, -0.25) is 0 Å². The molecule has 10 heteroatoms. The Kier molecular flexibility index (Phi) is 11.9. The summed E-state index contributed by atoms with van der Waals surface area (Å²) in [4.78, 5) is 25.2. The third-order valence-corrected chi connectivity index (χ3v) is 9.26. The number of hydrogen-bond donors (Lipinski definition) is 0. The van der Waals surface area contributed by atoms with Gasteiger partial charge in [0.05, 0.1) is 32.1 Å². The van der Waals surface area contributed by atoms with Crippen LogP contribution in [0.4, 0.5) is 0 Å². The van der Waals surface area contributed by atoms with Crippen LogP contribution in [0.15, 0.2) is 103 Å². The highest BCUT2D eigenvalue weighted by molar-refractivity contribution is 9.11. The van der Waals surface area contributed by atoms with Gasteiger partial charge in [-0.1, -0.05) is 38.1 Å². The maximum Gasteiger partial charge on any atom is 0.336 e. The Morgan fingerprint density at radius 3 is 1.18 bits per heavy atom. The predicted octanol–water partition coefficient (Wildman–Crippen LogP) is 10.3. The summed E-state index contributed by atoms with van der Waals surface area (Å²) in [6, 6.07) is 22.3. The molecule has 232 valence electrons. The fourth-order valence-corrected chi connectivity index (χ4v) is 6.93. The summed E-state index contributed by atoms with van der Waals surface area (Å²) < 4.78 is 24.1. The summed E-state index contributed by atoms with van der Waals surface area (Å²) >= 11 is 14.3. The van der Waals surface area contributed by atoms with Crippen molar-refractivity contribution in [3.8, 4) is 23.0 Å². The monoisotopic (exact) mass is 860 g/mol. The van der Waals surface area contributed by atoms with Crippen LogP contribution < -0.4 is 18.9 Å². The lowest BCUT2D eigenvalue weighted by Gasteiger charge is -2.28. The van der Waals surface area contributed by atoms with E-state index in [-0.39, 0.29) is 0 Å². The molecular formula is C35H28Br4O6. The zero-order chi connectivity index (χ0) is 32.7. The molecule has 0 N–H and O–H groups in total. The van der Waals surface area contributed by atoms with E-state index < -0.39 is 17.4 Å². The van der Waals surface area contributed by atoms with Crippen molar-refractivity contribution in [1.29, 1.82) is 0 Å². The van der Waals surface area contributed by atoms with Crippen LogP contribution in [-0.4, -0.2) is 26.2 Å². The first-order chi connectivity index (χ1) is 21.4. The van der Waals surface area contributed by atoms with Crippen molar-refractivity contribution in [2.75, 3.05) is 14.2 Å². The zero-order valence-electron chi connectivity index (χ0n) is 24.7. The smallest absolute Gasteiger partial charge is 0.336 e. The minimum Gasteiger partial charge on any atom is -0.497 e. The first-order valence-electron chi connectivity index (χ1n) is 13.5. The molecule has 0 bridgehead atoms. The number of hydrogen-bond acceptors (Lipinski definition) is 6. The lowest BCUT2D eigenvalue weighted by molar-refractivity contribution is -0.129. The van der Waals surface area contributed by atoms with E-state index in [0.717, 1.165) is 33.8 Å². The number of carbonyl (C=O) groups excluding carboxylic acids is 2. The molecule has 0 aliphatic rings. The minimum absolute atomic E-state index is 0.367. The summed E-state index contributed by atoms with van der Waals surface area (Å²) in [6.45, 7) is 4.14. The Balaban J connectivity index is 1.48. The van der Waals surface area contributed by atoms with Gasteiger partial charge in [0.2, 0.25) is 0 Å². The molecule has 6 nitrogen and oxygen atoms in total. The van der Waals surface area contributed by atoms with E-state index in [1.807, 2.05) is 72.8 Å². The molecule has 0 spiro atoms. The van der Waals surface area contributed by atoms with Crippen LogP contribution >= 0.6 is 63.7 Å². The van der Waals surface area contributed by atoms with E-state index in [2.05, 4.69) is 77.6 Å². The second kappa shape index (κ2) is 15.4. The molecule has 0 aliphatic heterocycles. The van der Waals surface area contributed by atoms with Crippen molar-refractivity contribution in [1.82, 2.24) is 0 Å². The van der Waals surface area contributed by atoms with Crippen molar-refractivity contribution in [2.24, 2.45) is 0 Å². The van der Waals surface area contributed by atoms with E-state index in [9.17, 15) is 9.59 Å². The number of rotatable bonds is 10. The molecule has 4 rings (SSSR count). The van der Waals surface area contributed by atoms with Crippen molar-refractivity contribution >= 4 is 87.8 Å². The quantitative estimate of drug-likeness (QED) is 0.0899.